The number of anilines is 1. The summed E-state index contributed by atoms with van der Waals surface area (Å²) in [6.07, 6.45) is 2.42. The van der Waals surface area contributed by atoms with Gasteiger partial charge in [-0.1, -0.05) is 5.11 Å². The molecule has 29 heavy (non-hydrogen) atoms. The van der Waals surface area contributed by atoms with E-state index < -0.39 is 18.1 Å². The second kappa shape index (κ2) is 7.08. The number of ether oxygens (including phenoxy) is 4. The highest BCUT2D eigenvalue weighted by Crippen LogP contribution is 2.44. The molecule has 0 radical (unpaired) electrons. The van der Waals surface area contributed by atoms with Gasteiger partial charge in [0, 0.05) is 11.5 Å². The zero-order valence-corrected chi connectivity index (χ0v) is 16.1. The normalized spacial score (nSPS) is 33.0. The molecule has 3 saturated heterocycles. The molecule has 3 fully saturated rings. The van der Waals surface area contributed by atoms with Crippen LogP contribution in [0.25, 0.3) is 21.6 Å². The molecule has 0 aromatic carbocycles. The van der Waals surface area contributed by atoms with Crippen molar-refractivity contribution in [1.29, 1.82) is 0 Å². The molecule has 0 spiro atoms. The molecule has 3 aliphatic rings. The van der Waals surface area contributed by atoms with Crippen molar-refractivity contribution in [1.82, 2.24) is 19.5 Å². The first-order chi connectivity index (χ1) is 14.1. The number of hydrogen-bond donors (Lipinski definition) is 1. The van der Waals surface area contributed by atoms with Crippen LogP contribution >= 0.6 is 0 Å². The fourth-order valence-electron chi connectivity index (χ4n) is 4.13. The molecule has 5 rings (SSSR count). The molecule has 0 amide bonds. The number of rotatable bonds is 5. The highest BCUT2D eigenvalue weighted by atomic mass is 16.8. The van der Waals surface area contributed by atoms with Gasteiger partial charge in [0.1, 0.15) is 18.5 Å². The third-order valence-corrected chi connectivity index (χ3v) is 5.35. The lowest BCUT2D eigenvalue weighted by Crippen LogP contribution is -2.31. The lowest BCUT2D eigenvalue weighted by Gasteiger charge is -2.24. The van der Waals surface area contributed by atoms with Crippen molar-refractivity contribution in [2.24, 2.45) is 5.11 Å². The van der Waals surface area contributed by atoms with E-state index in [4.69, 9.17) is 24.5 Å². The largest absolute Gasteiger partial charge is 0.379 e. The summed E-state index contributed by atoms with van der Waals surface area (Å²) in [5.74, 6) is -0.0969. The van der Waals surface area contributed by atoms with Crippen molar-refractivity contribution in [2.75, 3.05) is 25.1 Å². The third kappa shape index (κ3) is 3.28. The molecule has 5 heterocycles. The topological polar surface area (TPSA) is 141 Å². The number of nitrogens with zero attached hydrogens (tertiary/aromatic N) is 7. The Morgan fingerprint density at radius 3 is 2.97 bits per heavy atom. The lowest BCUT2D eigenvalue weighted by molar-refractivity contribution is -0.195. The van der Waals surface area contributed by atoms with E-state index in [0.29, 0.717) is 23.6 Å². The fraction of sp³-hybridized carbons (Fsp3) is 0.706. The van der Waals surface area contributed by atoms with Gasteiger partial charge in [0.25, 0.3) is 0 Å². The molecule has 2 aromatic rings. The minimum atomic E-state index is -0.757. The summed E-state index contributed by atoms with van der Waals surface area (Å²) in [5.41, 5.74) is 9.97. The fourth-order valence-corrected chi connectivity index (χ4v) is 4.13. The zero-order valence-electron chi connectivity index (χ0n) is 16.1. The van der Waals surface area contributed by atoms with Gasteiger partial charge in [-0.05, 0) is 25.8 Å². The van der Waals surface area contributed by atoms with E-state index >= 15 is 0 Å². The first-order valence-corrected chi connectivity index (χ1v) is 9.59. The van der Waals surface area contributed by atoms with Crippen LogP contribution in [0.2, 0.25) is 0 Å². The van der Waals surface area contributed by atoms with Crippen molar-refractivity contribution in [3.63, 3.8) is 0 Å². The van der Waals surface area contributed by atoms with Crippen LogP contribution in [0.3, 0.4) is 0 Å². The minimum Gasteiger partial charge on any atom is -0.379 e. The number of hydrogen-bond acceptors (Lipinski definition) is 9. The molecule has 3 aliphatic heterocycles. The van der Waals surface area contributed by atoms with Gasteiger partial charge in [-0.3, -0.25) is 4.57 Å². The Kier molecular flexibility index (Phi) is 4.52. The van der Waals surface area contributed by atoms with Gasteiger partial charge in [0.2, 0.25) is 0 Å². The maximum absolute atomic E-state index is 8.69. The van der Waals surface area contributed by atoms with Crippen molar-refractivity contribution in [2.45, 2.75) is 56.6 Å². The molecular weight excluding hydrogens is 380 g/mol. The Balaban J connectivity index is 1.47. The van der Waals surface area contributed by atoms with Gasteiger partial charge in [0.15, 0.2) is 29.0 Å². The Bertz CT molecular complexity index is 952. The molecule has 0 saturated carbocycles. The van der Waals surface area contributed by atoms with Gasteiger partial charge < -0.3 is 24.3 Å². The minimum absolute atomic E-state index is 0.156. The number of fused-ring (bicyclic) bond motifs is 2. The van der Waals surface area contributed by atoms with Crippen molar-refractivity contribution in [3.8, 4) is 0 Å². The second-order valence-corrected chi connectivity index (χ2v) is 7.79. The zero-order chi connectivity index (χ0) is 20.0. The molecule has 5 atom stereocenters. The summed E-state index contributed by atoms with van der Waals surface area (Å²) in [6, 6.07) is 0.200. The first kappa shape index (κ1) is 18.5. The molecule has 1 N–H and O–H groups in total. The average Bonchev–Trinajstić information content (AvgIpc) is 3.45. The number of nitrogens with one attached hydrogen (secondary N) is 1. The van der Waals surface area contributed by atoms with Gasteiger partial charge in [0.05, 0.1) is 31.6 Å². The standard InChI is InChI=1S/C17H22N8O4/c1-17(2)28-12-10(5-22-24-18)27-16(13(12)29-17)25-8-21-11-14(19-7-20-15(11)25)23-9-3-4-26-6-9/h7-10,12-13,16H,3-6H2,1-2H3,(H,19,20,23). The van der Waals surface area contributed by atoms with E-state index in [0.717, 1.165) is 13.0 Å². The highest BCUT2D eigenvalue weighted by Gasteiger charge is 2.55. The van der Waals surface area contributed by atoms with E-state index in [1.54, 1.807) is 6.33 Å². The molecule has 12 heteroatoms. The maximum atomic E-state index is 8.69. The number of azide groups is 1. The van der Waals surface area contributed by atoms with E-state index in [9.17, 15) is 0 Å². The van der Waals surface area contributed by atoms with Crippen LogP contribution in [0.4, 0.5) is 5.82 Å². The number of aromatic nitrogens is 4. The molecule has 0 aliphatic carbocycles. The lowest BCUT2D eigenvalue weighted by atomic mass is 10.1. The summed E-state index contributed by atoms with van der Waals surface area (Å²) < 4.78 is 25.5. The maximum Gasteiger partial charge on any atom is 0.167 e. The van der Waals surface area contributed by atoms with Crippen LogP contribution in [0.1, 0.15) is 26.5 Å². The van der Waals surface area contributed by atoms with Crippen LogP contribution < -0.4 is 5.32 Å². The van der Waals surface area contributed by atoms with Crippen LogP contribution in [-0.4, -0.2) is 69.4 Å². The monoisotopic (exact) mass is 402 g/mol. The Hall–Kier alpha value is -2.50. The van der Waals surface area contributed by atoms with E-state index in [1.807, 2.05) is 18.4 Å². The van der Waals surface area contributed by atoms with Crippen LogP contribution in [0.15, 0.2) is 17.8 Å². The Morgan fingerprint density at radius 1 is 1.31 bits per heavy atom. The second-order valence-electron chi connectivity index (χ2n) is 7.79. The quantitative estimate of drug-likeness (QED) is 0.453. The van der Waals surface area contributed by atoms with Crippen LogP contribution in [-0.2, 0) is 18.9 Å². The summed E-state index contributed by atoms with van der Waals surface area (Å²) in [7, 11) is 0. The molecule has 2 aromatic heterocycles. The summed E-state index contributed by atoms with van der Waals surface area (Å²) in [6.45, 7) is 5.24. The first-order valence-electron chi connectivity index (χ1n) is 9.59. The van der Waals surface area contributed by atoms with E-state index in [2.05, 4.69) is 30.3 Å². The van der Waals surface area contributed by atoms with Crippen LogP contribution in [0, 0.1) is 0 Å². The van der Waals surface area contributed by atoms with Gasteiger partial charge in [-0.2, -0.15) is 0 Å². The molecule has 154 valence electrons. The molecule has 12 nitrogen and oxygen atoms in total. The summed E-state index contributed by atoms with van der Waals surface area (Å²) in [5, 5.41) is 7.04. The van der Waals surface area contributed by atoms with Crippen molar-refractivity contribution < 1.29 is 18.9 Å². The average molecular weight is 402 g/mol. The highest BCUT2D eigenvalue weighted by molar-refractivity contribution is 5.82. The summed E-state index contributed by atoms with van der Waals surface area (Å²) >= 11 is 0. The predicted molar refractivity (Wildman–Crippen MR) is 99.9 cm³/mol. The van der Waals surface area contributed by atoms with E-state index in [1.165, 1.54) is 6.33 Å². The van der Waals surface area contributed by atoms with Crippen molar-refractivity contribution >= 4 is 17.0 Å². The molecule has 5 unspecified atom stereocenters. The van der Waals surface area contributed by atoms with Crippen LogP contribution in [0.5, 0.6) is 0 Å². The van der Waals surface area contributed by atoms with Gasteiger partial charge in [-0.15, -0.1) is 0 Å². The molecular formula is C17H22N8O4. The SMILES string of the molecule is CC1(C)OC2C(CN=[N+]=[N-])OC(n3cnc4c(NC5CCOC5)ncnc43)C2O1. The van der Waals surface area contributed by atoms with Gasteiger partial charge >= 0.3 is 0 Å². The van der Waals surface area contributed by atoms with Gasteiger partial charge in [-0.25, -0.2) is 15.0 Å². The smallest absolute Gasteiger partial charge is 0.167 e. The Labute approximate surface area is 166 Å². The Morgan fingerprint density at radius 2 is 2.17 bits per heavy atom. The third-order valence-electron chi connectivity index (χ3n) is 5.35. The predicted octanol–water partition coefficient (Wildman–Crippen LogP) is 1.75. The molecule has 0 bridgehead atoms. The number of imidazole rings is 1. The van der Waals surface area contributed by atoms with E-state index in [-0.39, 0.29) is 24.8 Å². The summed E-state index contributed by atoms with van der Waals surface area (Å²) in [4.78, 5) is 16.1. The van der Waals surface area contributed by atoms with Crippen molar-refractivity contribution in [3.05, 3.63) is 23.1 Å².